The number of aliphatic carboxylic acids is 1. The molecule has 176 valence electrons. The molecule has 0 aliphatic carbocycles. The third kappa shape index (κ3) is 5.25. The number of pyridine rings is 1. The predicted molar refractivity (Wildman–Crippen MR) is 147 cm³/mol. The van der Waals surface area contributed by atoms with Crippen LogP contribution in [0.15, 0.2) is 42.6 Å². The topological polar surface area (TPSA) is 79.7 Å². The minimum Gasteiger partial charge on any atom is -0.487 e. The maximum Gasteiger partial charge on any atom is 0.326 e. The zero-order valence-electron chi connectivity index (χ0n) is 17.2. The number of nitrogens with zero attached hydrogens (tertiary/aromatic N) is 2. The highest BCUT2D eigenvalue weighted by Crippen LogP contribution is 2.38. The highest BCUT2D eigenvalue weighted by atomic mass is 127. The van der Waals surface area contributed by atoms with Crippen molar-refractivity contribution in [3.8, 4) is 5.75 Å². The van der Waals surface area contributed by atoms with Gasteiger partial charge < -0.3 is 14.7 Å². The van der Waals surface area contributed by atoms with E-state index in [9.17, 15) is 14.7 Å². The van der Waals surface area contributed by atoms with Crippen LogP contribution in [0.4, 0.5) is 0 Å². The Morgan fingerprint density at radius 3 is 2.62 bits per heavy atom. The minimum absolute atomic E-state index is 0.0311. The van der Waals surface area contributed by atoms with E-state index in [2.05, 4.69) is 50.2 Å². The van der Waals surface area contributed by atoms with Crippen LogP contribution in [0.3, 0.4) is 0 Å². The number of ether oxygens (including phenoxy) is 1. The molecule has 34 heavy (non-hydrogen) atoms. The number of carbonyl (C=O) groups excluding carboxylic acids is 1. The number of hydrogen-bond donors (Lipinski definition) is 1. The molecular weight excluding hydrogens is 728 g/mol. The van der Waals surface area contributed by atoms with Gasteiger partial charge in [-0.1, -0.05) is 40.9 Å². The maximum absolute atomic E-state index is 13.3. The lowest BCUT2D eigenvalue weighted by atomic mass is 9.93. The van der Waals surface area contributed by atoms with Gasteiger partial charge in [-0.15, -0.1) is 0 Å². The molecule has 0 saturated heterocycles. The summed E-state index contributed by atoms with van der Waals surface area (Å²) in [6.45, 7) is 0.329. The van der Waals surface area contributed by atoms with Crippen LogP contribution in [0, 0.1) is 7.14 Å². The van der Waals surface area contributed by atoms with E-state index >= 15 is 0 Å². The molecule has 1 aliphatic rings. The monoisotopic (exact) mass is 742 g/mol. The van der Waals surface area contributed by atoms with E-state index in [4.69, 9.17) is 39.5 Å². The molecule has 11 heteroatoms. The van der Waals surface area contributed by atoms with E-state index in [1.54, 1.807) is 24.3 Å². The zero-order valence-corrected chi connectivity index (χ0v) is 23.8. The third-order valence-electron chi connectivity index (χ3n) is 5.41. The molecule has 1 aliphatic heterocycles. The van der Waals surface area contributed by atoms with Crippen LogP contribution in [0.5, 0.6) is 5.75 Å². The first-order chi connectivity index (χ1) is 16.2. The van der Waals surface area contributed by atoms with E-state index in [1.165, 1.54) is 17.2 Å². The highest BCUT2D eigenvalue weighted by Gasteiger charge is 2.37. The van der Waals surface area contributed by atoms with Gasteiger partial charge in [-0.05, 0) is 86.6 Å². The number of aromatic nitrogens is 1. The first-order valence-corrected chi connectivity index (χ1v) is 13.2. The lowest BCUT2D eigenvalue weighted by Crippen LogP contribution is -2.49. The summed E-state index contributed by atoms with van der Waals surface area (Å²) < 4.78 is 7.77. The van der Waals surface area contributed by atoms with E-state index in [0.717, 1.165) is 23.8 Å². The maximum atomic E-state index is 13.3. The van der Waals surface area contributed by atoms with E-state index in [0.29, 0.717) is 15.8 Å². The first kappa shape index (κ1) is 25.7. The molecule has 1 atom stereocenters. The number of carboxylic acids is 1. The Bertz CT molecular complexity index is 1310. The quantitative estimate of drug-likeness (QED) is 0.239. The minimum atomic E-state index is -1.08. The Morgan fingerprint density at radius 1 is 1.18 bits per heavy atom. The normalized spacial score (nSPS) is 15.1. The number of benzene rings is 2. The molecule has 1 N–H and O–H groups in total. The summed E-state index contributed by atoms with van der Waals surface area (Å²) in [5.41, 5.74) is 2.64. The lowest BCUT2D eigenvalue weighted by Gasteiger charge is -2.35. The van der Waals surface area contributed by atoms with Crippen LogP contribution in [0.25, 0.3) is 0 Å². The molecule has 1 amide bonds. The summed E-state index contributed by atoms with van der Waals surface area (Å²) in [4.78, 5) is 30.6. The number of halogens is 5. The molecule has 6 nitrogen and oxygen atoms in total. The van der Waals surface area contributed by atoms with Crippen LogP contribution in [0.2, 0.25) is 15.2 Å². The fourth-order valence-electron chi connectivity index (χ4n) is 3.70. The number of fused-ring (bicyclic) bond motifs is 1. The predicted octanol–water partition coefficient (Wildman–Crippen LogP) is 6.48. The van der Waals surface area contributed by atoms with Gasteiger partial charge in [0, 0.05) is 34.8 Å². The highest BCUT2D eigenvalue weighted by molar-refractivity contribution is 14.1. The van der Waals surface area contributed by atoms with Crippen molar-refractivity contribution in [3.63, 3.8) is 0 Å². The summed E-state index contributed by atoms with van der Waals surface area (Å²) in [5.74, 6) is -0.922. The van der Waals surface area contributed by atoms with Gasteiger partial charge in [0.05, 0.1) is 12.7 Å². The van der Waals surface area contributed by atoms with Crippen molar-refractivity contribution in [2.24, 2.45) is 0 Å². The number of carbonyl (C=O) groups is 2. The Kier molecular flexibility index (Phi) is 8.13. The first-order valence-electron chi connectivity index (χ1n) is 9.88. The second-order valence-electron chi connectivity index (χ2n) is 7.50. The van der Waals surface area contributed by atoms with Crippen LogP contribution >= 0.6 is 80.0 Å². The summed E-state index contributed by atoms with van der Waals surface area (Å²) in [7, 11) is 0. The van der Waals surface area contributed by atoms with Crippen LogP contribution in [-0.4, -0.2) is 32.9 Å². The van der Waals surface area contributed by atoms with E-state index < -0.39 is 17.9 Å². The van der Waals surface area contributed by atoms with Crippen molar-refractivity contribution in [1.29, 1.82) is 0 Å². The van der Waals surface area contributed by atoms with Gasteiger partial charge in [0.15, 0.2) is 0 Å². The van der Waals surface area contributed by atoms with Crippen molar-refractivity contribution < 1.29 is 19.4 Å². The molecule has 3 aromatic rings. The molecule has 0 fully saturated rings. The lowest BCUT2D eigenvalue weighted by molar-refractivity contribution is -0.142. The summed E-state index contributed by atoms with van der Waals surface area (Å²) in [5, 5.41) is 10.9. The van der Waals surface area contributed by atoms with Gasteiger partial charge in [-0.2, -0.15) is 0 Å². The Labute approximate surface area is 237 Å². The average Bonchev–Trinajstić information content (AvgIpc) is 2.79. The standard InChI is InChI=1S/C23H15Cl3I2N2O4/c24-13-4-3-11(16(25)8-13)10-34-20-17(27)6-12-7-18(23(32)33)30(9-15(12)19(20)28)22(31)14-2-1-5-29-21(14)26/h1-6,8,18H,7,9-10H2,(H,32,33)/t18-/m0/s1. The Morgan fingerprint density at radius 2 is 1.94 bits per heavy atom. The molecule has 4 rings (SSSR count). The van der Waals surface area contributed by atoms with Gasteiger partial charge in [0.1, 0.15) is 23.6 Å². The summed E-state index contributed by atoms with van der Waals surface area (Å²) >= 11 is 22.7. The smallest absolute Gasteiger partial charge is 0.326 e. The van der Waals surface area contributed by atoms with Crippen LogP contribution in [-0.2, 0) is 24.4 Å². The number of hydrogen-bond acceptors (Lipinski definition) is 4. The van der Waals surface area contributed by atoms with Crippen molar-refractivity contribution in [2.45, 2.75) is 25.6 Å². The SMILES string of the molecule is O=C(O)[C@@H]1Cc2cc(I)c(OCc3ccc(Cl)cc3Cl)c(I)c2CN1C(=O)c1cccnc1Cl. The molecule has 2 aromatic carbocycles. The fraction of sp³-hybridized carbons (Fsp3) is 0.174. The molecule has 0 radical (unpaired) electrons. The van der Waals surface area contributed by atoms with Crippen LogP contribution in [0.1, 0.15) is 27.0 Å². The Hall–Kier alpha value is -1.34. The summed E-state index contributed by atoms with van der Waals surface area (Å²) in [6.07, 6.45) is 1.64. The molecule has 0 bridgehead atoms. The van der Waals surface area contributed by atoms with E-state index in [-0.39, 0.29) is 30.3 Å². The van der Waals surface area contributed by atoms with Gasteiger partial charge >= 0.3 is 5.97 Å². The van der Waals surface area contributed by atoms with Crippen LogP contribution < -0.4 is 4.74 Å². The van der Waals surface area contributed by atoms with Gasteiger partial charge in [0.2, 0.25) is 0 Å². The number of amides is 1. The second-order valence-corrected chi connectivity index (χ2v) is 10.9. The molecule has 2 heterocycles. The second kappa shape index (κ2) is 10.7. The number of rotatable bonds is 5. The van der Waals surface area contributed by atoms with Gasteiger partial charge in [0.25, 0.3) is 5.91 Å². The molecular formula is C23H15Cl3I2N2O4. The third-order valence-corrected chi connectivity index (χ3v) is 8.24. The zero-order chi connectivity index (χ0) is 24.6. The molecule has 0 saturated carbocycles. The largest absolute Gasteiger partial charge is 0.487 e. The molecule has 0 unspecified atom stereocenters. The fourth-order valence-corrected chi connectivity index (χ4v) is 6.64. The van der Waals surface area contributed by atoms with Crippen molar-refractivity contribution >= 4 is 91.9 Å². The molecule has 1 aromatic heterocycles. The van der Waals surface area contributed by atoms with Crippen molar-refractivity contribution in [2.75, 3.05) is 0 Å². The van der Waals surface area contributed by atoms with Gasteiger partial charge in [-0.25, -0.2) is 9.78 Å². The van der Waals surface area contributed by atoms with E-state index in [1.807, 2.05) is 6.07 Å². The Balaban J connectivity index is 1.68. The van der Waals surface area contributed by atoms with Gasteiger partial charge in [-0.3, -0.25) is 4.79 Å². The summed E-state index contributed by atoms with van der Waals surface area (Å²) in [6, 6.07) is 9.21. The molecule has 0 spiro atoms. The number of carboxylic acid groups (broad SMARTS) is 1. The van der Waals surface area contributed by atoms with Crippen molar-refractivity contribution in [1.82, 2.24) is 9.88 Å². The van der Waals surface area contributed by atoms with Crippen molar-refractivity contribution in [3.05, 3.63) is 87.2 Å². The average molecular weight is 744 g/mol.